The van der Waals surface area contributed by atoms with E-state index in [4.69, 9.17) is 4.74 Å². The zero-order valence-corrected chi connectivity index (χ0v) is 10.5. The number of hydrogen-bond acceptors (Lipinski definition) is 2. The van der Waals surface area contributed by atoms with Crippen LogP contribution in [0.1, 0.15) is 30.5 Å². The van der Waals surface area contributed by atoms with Crippen LogP contribution in [-0.2, 0) is 4.74 Å². The monoisotopic (exact) mass is 237 g/mol. The fourth-order valence-corrected chi connectivity index (χ4v) is 2.08. The van der Waals surface area contributed by atoms with Crippen LogP contribution >= 0.6 is 0 Å². The molecule has 0 aromatic heterocycles. The molecule has 2 unspecified atom stereocenters. The van der Waals surface area contributed by atoms with Gasteiger partial charge in [-0.25, -0.2) is 4.39 Å². The Balaban J connectivity index is 1.89. The Hall–Kier alpha value is -0.930. The predicted molar refractivity (Wildman–Crippen MR) is 66.5 cm³/mol. The van der Waals surface area contributed by atoms with Crippen molar-refractivity contribution < 1.29 is 9.13 Å². The molecule has 1 aliphatic heterocycles. The quantitative estimate of drug-likeness (QED) is 0.869. The van der Waals surface area contributed by atoms with Gasteiger partial charge in [-0.05, 0) is 43.4 Å². The molecule has 1 N–H and O–H groups in total. The summed E-state index contributed by atoms with van der Waals surface area (Å²) in [6.07, 6.45) is 1.13. The maximum atomic E-state index is 13.4. The van der Waals surface area contributed by atoms with E-state index >= 15 is 0 Å². The Morgan fingerprint density at radius 3 is 3.00 bits per heavy atom. The first-order valence-electron chi connectivity index (χ1n) is 6.24. The van der Waals surface area contributed by atoms with Gasteiger partial charge in [0.2, 0.25) is 0 Å². The Morgan fingerprint density at radius 2 is 2.35 bits per heavy atom. The Kier molecular flexibility index (Phi) is 4.13. The zero-order valence-electron chi connectivity index (χ0n) is 10.5. The van der Waals surface area contributed by atoms with E-state index in [9.17, 15) is 4.39 Å². The molecule has 2 nitrogen and oxygen atoms in total. The van der Waals surface area contributed by atoms with Crippen LogP contribution in [-0.4, -0.2) is 19.8 Å². The lowest BCUT2D eigenvalue weighted by Gasteiger charge is -2.17. The molecule has 0 aliphatic carbocycles. The maximum absolute atomic E-state index is 13.4. The van der Waals surface area contributed by atoms with E-state index in [0.29, 0.717) is 11.5 Å². The van der Waals surface area contributed by atoms with Gasteiger partial charge >= 0.3 is 0 Å². The van der Waals surface area contributed by atoms with Crippen LogP contribution < -0.4 is 5.32 Å². The molecule has 3 heteroatoms. The van der Waals surface area contributed by atoms with E-state index in [1.807, 2.05) is 12.1 Å². The normalized spacial score (nSPS) is 21.7. The summed E-state index contributed by atoms with van der Waals surface area (Å²) in [5.74, 6) is 0.480. The predicted octanol–water partition coefficient (Wildman–Crippen LogP) is 2.82. The molecular formula is C14H20FNO. The topological polar surface area (TPSA) is 21.3 Å². The lowest BCUT2D eigenvalue weighted by molar-refractivity contribution is 0.184. The molecule has 0 spiro atoms. The fourth-order valence-electron chi connectivity index (χ4n) is 2.08. The second-order valence-corrected chi connectivity index (χ2v) is 4.87. The molecule has 0 bridgehead atoms. The van der Waals surface area contributed by atoms with Crippen molar-refractivity contribution in [3.63, 3.8) is 0 Å². The van der Waals surface area contributed by atoms with Gasteiger partial charge in [-0.2, -0.15) is 0 Å². The van der Waals surface area contributed by atoms with Crippen molar-refractivity contribution in [3.05, 3.63) is 35.1 Å². The molecule has 1 aliphatic rings. The summed E-state index contributed by atoms with van der Waals surface area (Å²) >= 11 is 0. The smallest absolute Gasteiger partial charge is 0.126 e. The van der Waals surface area contributed by atoms with Gasteiger partial charge < -0.3 is 10.1 Å². The zero-order chi connectivity index (χ0) is 12.3. The molecule has 17 heavy (non-hydrogen) atoms. The lowest BCUT2D eigenvalue weighted by atomic mass is 10.0. The first kappa shape index (κ1) is 12.5. The third-order valence-corrected chi connectivity index (χ3v) is 3.43. The van der Waals surface area contributed by atoms with Crippen molar-refractivity contribution in [3.8, 4) is 0 Å². The highest BCUT2D eigenvalue weighted by atomic mass is 19.1. The van der Waals surface area contributed by atoms with E-state index in [0.717, 1.165) is 31.7 Å². The molecule has 1 fully saturated rings. The van der Waals surface area contributed by atoms with Gasteiger partial charge in [-0.15, -0.1) is 0 Å². The minimum atomic E-state index is -0.125. The number of halogens is 1. The summed E-state index contributed by atoms with van der Waals surface area (Å²) in [5, 5.41) is 3.44. The number of nitrogens with one attached hydrogen (secondary N) is 1. The SMILES string of the molecule is Cc1ccc(C(C)NCC2CCOC2)cc1F. The maximum Gasteiger partial charge on any atom is 0.126 e. The molecule has 94 valence electrons. The second kappa shape index (κ2) is 5.61. The van der Waals surface area contributed by atoms with Crippen molar-refractivity contribution in [2.24, 2.45) is 5.92 Å². The number of aryl methyl sites for hydroxylation is 1. The number of benzene rings is 1. The molecule has 1 saturated heterocycles. The second-order valence-electron chi connectivity index (χ2n) is 4.87. The lowest BCUT2D eigenvalue weighted by Crippen LogP contribution is -2.26. The van der Waals surface area contributed by atoms with Crippen LogP contribution in [0.3, 0.4) is 0 Å². The average Bonchev–Trinajstić information content (AvgIpc) is 2.82. The summed E-state index contributed by atoms with van der Waals surface area (Å²) in [5.41, 5.74) is 1.71. The molecule has 1 aromatic carbocycles. The van der Waals surface area contributed by atoms with Gasteiger partial charge in [-0.3, -0.25) is 0 Å². The van der Waals surface area contributed by atoms with Crippen molar-refractivity contribution in [2.45, 2.75) is 26.3 Å². The van der Waals surface area contributed by atoms with E-state index in [1.165, 1.54) is 0 Å². The van der Waals surface area contributed by atoms with Crippen LogP contribution in [0.4, 0.5) is 4.39 Å². The standard InChI is InChI=1S/C14H20FNO/c1-10-3-4-13(7-14(10)15)11(2)16-8-12-5-6-17-9-12/h3-4,7,11-12,16H,5-6,8-9H2,1-2H3. The fraction of sp³-hybridized carbons (Fsp3) is 0.571. The van der Waals surface area contributed by atoms with E-state index in [-0.39, 0.29) is 11.9 Å². The van der Waals surface area contributed by atoms with Gasteiger partial charge in [0.15, 0.2) is 0 Å². The van der Waals surface area contributed by atoms with Crippen molar-refractivity contribution in [2.75, 3.05) is 19.8 Å². The van der Waals surface area contributed by atoms with E-state index < -0.39 is 0 Å². The van der Waals surface area contributed by atoms with Gasteiger partial charge in [0.25, 0.3) is 0 Å². The highest BCUT2D eigenvalue weighted by molar-refractivity contribution is 5.25. The van der Waals surface area contributed by atoms with Crippen LogP contribution in [0.5, 0.6) is 0 Å². The summed E-state index contributed by atoms with van der Waals surface area (Å²) in [6.45, 7) is 6.52. The molecule has 0 radical (unpaired) electrons. The Labute approximate surface area is 102 Å². The van der Waals surface area contributed by atoms with Crippen molar-refractivity contribution >= 4 is 0 Å². The number of hydrogen-bond donors (Lipinski definition) is 1. The summed E-state index contributed by atoms with van der Waals surface area (Å²) in [4.78, 5) is 0. The average molecular weight is 237 g/mol. The summed E-state index contributed by atoms with van der Waals surface area (Å²) < 4.78 is 18.8. The van der Waals surface area contributed by atoms with Gasteiger partial charge in [0, 0.05) is 19.2 Å². The molecule has 0 saturated carbocycles. The third kappa shape index (κ3) is 3.27. The van der Waals surface area contributed by atoms with Crippen LogP contribution in [0.2, 0.25) is 0 Å². The van der Waals surface area contributed by atoms with Crippen LogP contribution in [0.25, 0.3) is 0 Å². The third-order valence-electron chi connectivity index (χ3n) is 3.43. The van der Waals surface area contributed by atoms with Crippen molar-refractivity contribution in [1.29, 1.82) is 0 Å². The van der Waals surface area contributed by atoms with Gasteiger partial charge in [0.1, 0.15) is 5.82 Å². The Morgan fingerprint density at radius 1 is 1.53 bits per heavy atom. The summed E-state index contributed by atoms with van der Waals surface area (Å²) in [6, 6.07) is 5.63. The molecule has 0 amide bonds. The van der Waals surface area contributed by atoms with Crippen LogP contribution in [0, 0.1) is 18.7 Å². The van der Waals surface area contributed by atoms with E-state index in [1.54, 1.807) is 13.0 Å². The largest absolute Gasteiger partial charge is 0.381 e. The first-order valence-corrected chi connectivity index (χ1v) is 6.24. The highest BCUT2D eigenvalue weighted by Crippen LogP contribution is 2.18. The minimum Gasteiger partial charge on any atom is -0.381 e. The highest BCUT2D eigenvalue weighted by Gasteiger charge is 2.16. The minimum absolute atomic E-state index is 0.125. The molecule has 2 rings (SSSR count). The van der Waals surface area contributed by atoms with Crippen LogP contribution in [0.15, 0.2) is 18.2 Å². The summed E-state index contributed by atoms with van der Waals surface area (Å²) in [7, 11) is 0. The van der Waals surface area contributed by atoms with Crippen molar-refractivity contribution in [1.82, 2.24) is 5.32 Å². The van der Waals surface area contributed by atoms with E-state index in [2.05, 4.69) is 12.2 Å². The number of ether oxygens (including phenoxy) is 1. The first-order chi connectivity index (χ1) is 8.16. The Bertz CT molecular complexity index is 374. The number of rotatable bonds is 4. The molecule has 1 aromatic rings. The molecule has 1 heterocycles. The van der Waals surface area contributed by atoms with Gasteiger partial charge in [-0.1, -0.05) is 12.1 Å². The van der Waals surface area contributed by atoms with Gasteiger partial charge in [0.05, 0.1) is 6.61 Å². The molecule has 2 atom stereocenters. The molecular weight excluding hydrogens is 217 g/mol.